The normalized spacial score (nSPS) is 16.1. The predicted molar refractivity (Wildman–Crippen MR) is 113 cm³/mol. The highest BCUT2D eigenvalue weighted by atomic mass is 19.1. The van der Waals surface area contributed by atoms with Gasteiger partial charge in [0.25, 0.3) is 0 Å². The van der Waals surface area contributed by atoms with Crippen LogP contribution in [0.25, 0.3) is 0 Å². The molecule has 0 spiro atoms. The molecule has 28 heavy (non-hydrogen) atoms. The molecular weight excluding hydrogens is 347 g/mol. The Labute approximate surface area is 169 Å². The van der Waals surface area contributed by atoms with Gasteiger partial charge in [-0.2, -0.15) is 5.26 Å². The van der Waals surface area contributed by atoms with Crippen molar-refractivity contribution in [2.24, 2.45) is 5.92 Å². The lowest BCUT2D eigenvalue weighted by atomic mass is 9.73. The highest BCUT2D eigenvalue weighted by Gasteiger charge is 2.46. The fourth-order valence-electron chi connectivity index (χ4n) is 4.23. The topological polar surface area (TPSA) is 27.0 Å². The molecule has 3 heteroatoms. The molecular formula is C25H31FN2. The quantitative estimate of drug-likeness (QED) is 0.528. The van der Waals surface area contributed by atoms with Crippen LogP contribution in [0.1, 0.15) is 50.7 Å². The van der Waals surface area contributed by atoms with Gasteiger partial charge in [0.1, 0.15) is 5.82 Å². The standard InChI is InChI=1S/C25H31FN2/c1-20(2)28(18-15-21-7-4-3-5-8-21)17-6-16-25(19-27,22-9-10-22)23-11-13-24(26)14-12-23/h3-5,7-8,11-14,20,22H,6,9-10,15-18H2,1-2H3. The van der Waals surface area contributed by atoms with Crippen LogP contribution in [-0.4, -0.2) is 24.0 Å². The van der Waals surface area contributed by atoms with E-state index in [1.165, 1.54) is 17.7 Å². The second-order valence-corrected chi connectivity index (χ2v) is 8.33. The Morgan fingerprint density at radius 2 is 1.75 bits per heavy atom. The van der Waals surface area contributed by atoms with Crippen molar-refractivity contribution in [3.05, 3.63) is 71.5 Å². The molecule has 2 nitrogen and oxygen atoms in total. The van der Waals surface area contributed by atoms with Crippen LogP contribution >= 0.6 is 0 Å². The van der Waals surface area contributed by atoms with Gasteiger partial charge in [0.05, 0.1) is 11.5 Å². The second kappa shape index (κ2) is 9.34. The monoisotopic (exact) mass is 378 g/mol. The molecule has 148 valence electrons. The second-order valence-electron chi connectivity index (χ2n) is 8.33. The first-order valence-corrected chi connectivity index (χ1v) is 10.5. The molecule has 1 atom stereocenters. The van der Waals surface area contributed by atoms with Gasteiger partial charge in [-0.1, -0.05) is 42.5 Å². The molecule has 1 saturated carbocycles. The molecule has 3 rings (SSSR count). The van der Waals surface area contributed by atoms with Gasteiger partial charge in [0.15, 0.2) is 0 Å². The summed E-state index contributed by atoms with van der Waals surface area (Å²) in [5.41, 5.74) is 1.89. The van der Waals surface area contributed by atoms with Crippen molar-refractivity contribution in [1.82, 2.24) is 4.90 Å². The molecule has 1 unspecified atom stereocenters. The van der Waals surface area contributed by atoms with Crippen LogP contribution < -0.4 is 0 Å². The van der Waals surface area contributed by atoms with Gasteiger partial charge in [-0.25, -0.2) is 4.39 Å². The summed E-state index contributed by atoms with van der Waals surface area (Å²) in [5, 5.41) is 10.1. The maximum atomic E-state index is 13.4. The highest BCUT2D eigenvalue weighted by Crippen LogP contribution is 2.49. The molecule has 2 aromatic rings. The zero-order valence-electron chi connectivity index (χ0n) is 17.1. The summed E-state index contributed by atoms with van der Waals surface area (Å²) in [7, 11) is 0. The van der Waals surface area contributed by atoms with Crippen LogP contribution in [0, 0.1) is 23.1 Å². The molecule has 0 aliphatic heterocycles. The Bertz CT molecular complexity index is 774. The van der Waals surface area contributed by atoms with Crippen molar-refractivity contribution >= 4 is 0 Å². The van der Waals surface area contributed by atoms with Gasteiger partial charge in [-0.05, 0) is 81.7 Å². The first-order chi connectivity index (χ1) is 13.5. The molecule has 2 aromatic carbocycles. The largest absolute Gasteiger partial charge is 0.301 e. The summed E-state index contributed by atoms with van der Waals surface area (Å²) in [6.07, 6.45) is 5.07. The van der Waals surface area contributed by atoms with E-state index < -0.39 is 5.41 Å². The Kier molecular flexibility index (Phi) is 6.86. The van der Waals surface area contributed by atoms with Crippen molar-refractivity contribution in [3.63, 3.8) is 0 Å². The summed E-state index contributed by atoms with van der Waals surface area (Å²) in [4.78, 5) is 2.51. The van der Waals surface area contributed by atoms with Crippen LogP contribution in [0.4, 0.5) is 4.39 Å². The number of benzene rings is 2. The van der Waals surface area contributed by atoms with Gasteiger partial charge < -0.3 is 4.90 Å². The average Bonchev–Trinajstić information content (AvgIpc) is 3.55. The predicted octanol–water partition coefficient (Wildman–Crippen LogP) is 5.73. The number of hydrogen-bond acceptors (Lipinski definition) is 2. The molecule has 0 aromatic heterocycles. The lowest BCUT2D eigenvalue weighted by Gasteiger charge is -2.31. The third-order valence-corrected chi connectivity index (χ3v) is 6.11. The smallest absolute Gasteiger partial charge is 0.123 e. The number of nitriles is 1. The maximum absolute atomic E-state index is 13.4. The molecule has 0 N–H and O–H groups in total. The van der Waals surface area contributed by atoms with Crippen LogP contribution in [0.3, 0.4) is 0 Å². The minimum Gasteiger partial charge on any atom is -0.301 e. The van der Waals surface area contributed by atoms with Crippen LogP contribution in [0.2, 0.25) is 0 Å². The number of nitrogens with zero attached hydrogens (tertiary/aromatic N) is 2. The van der Waals surface area contributed by atoms with E-state index in [9.17, 15) is 9.65 Å². The fraction of sp³-hybridized carbons (Fsp3) is 0.480. The van der Waals surface area contributed by atoms with Crippen molar-refractivity contribution in [3.8, 4) is 6.07 Å². The van der Waals surface area contributed by atoms with Gasteiger partial charge in [0, 0.05) is 12.6 Å². The van der Waals surface area contributed by atoms with Crippen LogP contribution in [0.15, 0.2) is 54.6 Å². The Hall–Kier alpha value is -2.18. The van der Waals surface area contributed by atoms with Gasteiger partial charge in [-0.3, -0.25) is 0 Å². The lowest BCUT2D eigenvalue weighted by molar-refractivity contribution is 0.213. The first-order valence-electron chi connectivity index (χ1n) is 10.5. The minimum atomic E-state index is -0.463. The third kappa shape index (κ3) is 5.00. The summed E-state index contributed by atoms with van der Waals surface area (Å²) < 4.78 is 13.4. The van der Waals surface area contributed by atoms with Gasteiger partial charge >= 0.3 is 0 Å². The summed E-state index contributed by atoms with van der Waals surface area (Å²) in [6.45, 7) is 6.50. The van der Waals surface area contributed by atoms with Gasteiger partial charge in [0.2, 0.25) is 0 Å². The molecule has 0 amide bonds. The molecule has 1 fully saturated rings. The van der Waals surface area contributed by atoms with E-state index in [2.05, 4.69) is 55.1 Å². The molecule has 0 saturated heterocycles. The fourth-order valence-corrected chi connectivity index (χ4v) is 4.23. The van der Waals surface area contributed by atoms with E-state index in [4.69, 9.17) is 0 Å². The average molecular weight is 379 g/mol. The molecule has 0 heterocycles. The lowest BCUT2D eigenvalue weighted by Crippen LogP contribution is -2.35. The molecule has 0 bridgehead atoms. The van der Waals surface area contributed by atoms with Gasteiger partial charge in [-0.15, -0.1) is 0 Å². The number of rotatable bonds is 10. The Morgan fingerprint density at radius 3 is 2.32 bits per heavy atom. The van der Waals surface area contributed by atoms with Crippen LogP contribution in [0.5, 0.6) is 0 Å². The summed E-state index contributed by atoms with van der Waals surface area (Å²) in [5.74, 6) is 0.179. The van der Waals surface area contributed by atoms with Crippen LogP contribution in [-0.2, 0) is 11.8 Å². The zero-order valence-corrected chi connectivity index (χ0v) is 17.1. The highest BCUT2D eigenvalue weighted by molar-refractivity contribution is 5.35. The molecule has 1 aliphatic carbocycles. The van der Waals surface area contributed by atoms with Crippen molar-refractivity contribution in [2.75, 3.05) is 13.1 Å². The van der Waals surface area contributed by atoms with E-state index in [0.29, 0.717) is 12.0 Å². The molecule has 1 aliphatic rings. The third-order valence-electron chi connectivity index (χ3n) is 6.11. The minimum absolute atomic E-state index is 0.238. The Balaban J connectivity index is 1.62. The van der Waals surface area contributed by atoms with E-state index in [-0.39, 0.29) is 5.82 Å². The van der Waals surface area contributed by atoms with E-state index in [1.807, 2.05) is 12.1 Å². The molecule has 0 radical (unpaired) electrons. The summed E-state index contributed by atoms with van der Waals surface area (Å²) in [6, 6.07) is 20.3. The number of hydrogen-bond donors (Lipinski definition) is 0. The number of halogens is 1. The van der Waals surface area contributed by atoms with E-state index in [1.54, 1.807) is 0 Å². The van der Waals surface area contributed by atoms with Crippen molar-refractivity contribution < 1.29 is 4.39 Å². The SMILES string of the molecule is CC(C)N(CCCC(C#N)(c1ccc(F)cc1)C1CC1)CCc1ccccc1. The summed E-state index contributed by atoms with van der Waals surface area (Å²) >= 11 is 0. The Morgan fingerprint density at radius 1 is 1.07 bits per heavy atom. The zero-order chi connectivity index (χ0) is 20.0. The maximum Gasteiger partial charge on any atom is 0.123 e. The van der Waals surface area contributed by atoms with Crippen molar-refractivity contribution in [2.45, 2.75) is 57.4 Å². The van der Waals surface area contributed by atoms with E-state index in [0.717, 1.165) is 50.8 Å². The first kappa shape index (κ1) is 20.6. The van der Waals surface area contributed by atoms with E-state index >= 15 is 0 Å². The van der Waals surface area contributed by atoms with Crippen molar-refractivity contribution in [1.29, 1.82) is 5.26 Å².